The molecule has 2 N–H and O–H groups in total. The maximum atomic E-state index is 14.8. The molecule has 2 aliphatic heterocycles. The zero-order chi connectivity index (χ0) is 17.9. The molecule has 9 heteroatoms. The van der Waals surface area contributed by atoms with E-state index in [1.54, 1.807) is 9.47 Å². The summed E-state index contributed by atoms with van der Waals surface area (Å²) < 4.78 is 31.0. The molecule has 0 radical (unpaired) electrons. The van der Waals surface area contributed by atoms with E-state index in [-0.39, 0.29) is 21.6 Å². The highest BCUT2D eigenvalue weighted by Gasteiger charge is 2.35. The summed E-state index contributed by atoms with van der Waals surface area (Å²) in [7, 11) is 0. The highest BCUT2D eigenvalue weighted by atomic mass is 32.2. The molecule has 2 aliphatic rings. The number of benzene rings is 1. The molecule has 25 heavy (non-hydrogen) atoms. The van der Waals surface area contributed by atoms with E-state index in [2.05, 4.69) is 5.32 Å². The molecule has 0 spiro atoms. The highest BCUT2D eigenvalue weighted by molar-refractivity contribution is 8.00. The van der Waals surface area contributed by atoms with Crippen LogP contribution in [0.5, 0.6) is 0 Å². The molecule has 1 aromatic carbocycles. The molecular formula is C16H15F2N3O3S. The Labute approximate surface area is 145 Å². The van der Waals surface area contributed by atoms with Gasteiger partial charge in [0.25, 0.3) is 0 Å². The lowest BCUT2D eigenvalue weighted by atomic mass is 10.1. The summed E-state index contributed by atoms with van der Waals surface area (Å²) in [6.45, 7) is 4.18. The molecule has 1 aromatic heterocycles. The average molecular weight is 367 g/mol. The third kappa shape index (κ3) is 2.26. The van der Waals surface area contributed by atoms with E-state index in [1.165, 1.54) is 17.8 Å². The Morgan fingerprint density at radius 1 is 1.32 bits per heavy atom. The van der Waals surface area contributed by atoms with E-state index in [0.29, 0.717) is 26.2 Å². The van der Waals surface area contributed by atoms with Crippen LogP contribution in [-0.4, -0.2) is 41.8 Å². The smallest absolute Gasteiger partial charge is 0.342 e. The predicted molar refractivity (Wildman–Crippen MR) is 90.7 cm³/mol. The van der Waals surface area contributed by atoms with Crippen LogP contribution in [0.2, 0.25) is 0 Å². The number of nitrogens with zero attached hydrogens (tertiary/aromatic N) is 2. The van der Waals surface area contributed by atoms with Gasteiger partial charge < -0.3 is 19.9 Å². The van der Waals surface area contributed by atoms with Gasteiger partial charge in [-0.3, -0.25) is 4.79 Å². The van der Waals surface area contributed by atoms with Crippen LogP contribution in [0.1, 0.15) is 22.7 Å². The lowest BCUT2D eigenvalue weighted by molar-refractivity contribution is 0.0689. The Balaban J connectivity index is 2.06. The fourth-order valence-corrected chi connectivity index (χ4v) is 4.58. The molecule has 6 nitrogen and oxygen atoms in total. The van der Waals surface area contributed by atoms with E-state index in [4.69, 9.17) is 0 Å². The topological polar surface area (TPSA) is 74.6 Å². The Morgan fingerprint density at radius 2 is 2.00 bits per heavy atom. The van der Waals surface area contributed by atoms with E-state index >= 15 is 0 Å². The Bertz CT molecular complexity index is 970. The number of hydrogen-bond donors (Lipinski definition) is 2. The number of piperazine rings is 1. The van der Waals surface area contributed by atoms with Crippen molar-refractivity contribution in [1.29, 1.82) is 0 Å². The van der Waals surface area contributed by atoms with E-state index in [0.717, 1.165) is 0 Å². The molecule has 0 bridgehead atoms. The molecule has 0 aliphatic carbocycles. The monoisotopic (exact) mass is 367 g/mol. The molecule has 0 saturated carbocycles. The van der Waals surface area contributed by atoms with Crippen molar-refractivity contribution in [3.8, 4) is 0 Å². The summed E-state index contributed by atoms with van der Waals surface area (Å²) in [5.41, 5.74) is -1.13. The van der Waals surface area contributed by atoms with Gasteiger partial charge in [0.2, 0.25) is 5.43 Å². The molecule has 3 heterocycles. The summed E-state index contributed by atoms with van der Waals surface area (Å²) in [5, 5.41) is 12.1. The maximum Gasteiger partial charge on any atom is 0.342 e. The molecule has 1 fully saturated rings. The summed E-state index contributed by atoms with van der Waals surface area (Å²) in [6, 6.07) is 1.46. The van der Waals surface area contributed by atoms with Crippen molar-refractivity contribution in [2.45, 2.75) is 17.3 Å². The number of thioether (sulfide) groups is 1. The number of anilines is 1. The van der Waals surface area contributed by atoms with Gasteiger partial charge in [-0.25, -0.2) is 13.6 Å². The van der Waals surface area contributed by atoms with Gasteiger partial charge >= 0.3 is 5.97 Å². The van der Waals surface area contributed by atoms with Crippen molar-refractivity contribution in [3.63, 3.8) is 0 Å². The Kier molecular flexibility index (Phi) is 3.73. The summed E-state index contributed by atoms with van der Waals surface area (Å²) in [5.74, 6) is -3.82. The van der Waals surface area contributed by atoms with Crippen LogP contribution in [0.15, 0.2) is 15.9 Å². The Hall–Kier alpha value is -2.13. The zero-order valence-corrected chi connectivity index (χ0v) is 14.1. The molecule has 132 valence electrons. The molecule has 1 unspecified atom stereocenters. The fourth-order valence-electron chi connectivity index (χ4n) is 3.42. The molecule has 1 atom stereocenters. The zero-order valence-electron chi connectivity index (χ0n) is 13.3. The number of pyridine rings is 1. The van der Waals surface area contributed by atoms with Gasteiger partial charge in [0, 0.05) is 26.2 Å². The van der Waals surface area contributed by atoms with E-state index < -0.39 is 34.0 Å². The van der Waals surface area contributed by atoms with Crippen molar-refractivity contribution in [2.24, 2.45) is 0 Å². The van der Waals surface area contributed by atoms with Crippen molar-refractivity contribution in [2.75, 3.05) is 31.1 Å². The van der Waals surface area contributed by atoms with E-state index in [1.807, 2.05) is 6.92 Å². The molecule has 0 amide bonds. The van der Waals surface area contributed by atoms with Crippen LogP contribution >= 0.6 is 11.8 Å². The first kappa shape index (κ1) is 16.3. The summed E-state index contributed by atoms with van der Waals surface area (Å²) in [4.78, 5) is 25.7. The second-order valence-electron chi connectivity index (χ2n) is 6.06. The number of carboxylic acids is 1. The van der Waals surface area contributed by atoms with E-state index in [9.17, 15) is 23.5 Å². The number of carboxylic acid groups (broad SMARTS) is 1. The van der Waals surface area contributed by atoms with Crippen molar-refractivity contribution in [1.82, 2.24) is 9.88 Å². The van der Waals surface area contributed by atoms with Gasteiger partial charge in [-0.15, -0.1) is 0 Å². The number of hydrogen-bond acceptors (Lipinski definition) is 5. The minimum atomic E-state index is -1.43. The second-order valence-corrected chi connectivity index (χ2v) is 7.36. The minimum absolute atomic E-state index is 0.104. The van der Waals surface area contributed by atoms with Gasteiger partial charge in [0.1, 0.15) is 5.56 Å². The first-order valence-corrected chi connectivity index (χ1v) is 8.75. The fraction of sp³-hybridized carbons (Fsp3) is 0.375. The number of carbonyl (C=O) groups is 1. The van der Waals surface area contributed by atoms with Gasteiger partial charge in [0.15, 0.2) is 11.6 Å². The number of halogens is 2. The highest BCUT2D eigenvalue weighted by Crippen LogP contribution is 2.47. The number of aromatic carboxylic acids is 1. The van der Waals surface area contributed by atoms with Crippen LogP contribution in [0.4, 0.5) is 14.5 Å². The van der Waals surface area contributed by atoms with Crippen LogP contribution in [-0.2, 0) is 0 Å². The van der Waals surface area contributed by atoms with Gasteiger partial charge in [0.05, 0.1) is 27.0 Å². The van der Waals surface area contributed by atoms with Crippen molar-refractivity contribution in [3.05, 3.63) is 33.5 Å². The second kappa shape index (κ2) is 5.70. The van der Waals surface area contributed by atoms with Crippen LogP contribution < -0.4 is 15.6 Å². The number of fused-ring (bicyclic) bond motifs is 3. The van der Waals surface area contributed by atoms with Crippen molar-refractivity contribution >= 4 is 34.3 Å². The molecule has 1 saturated heterocycles. The normalized spacial score (nSPS) is 19.6. The molecule has 4 rings (SSSR count). The number of nitrogens with one attached hydrogen (secondary N) is 1. The number of rotatable bonds is 2. The average Bonchev–Trinajstić information content (AvgIpc) is 2.57. The SMILES string of the molecule is CC1Sc2c(C(=O)O)c(=O)c3c(F)c(F)c(N4CCNCC4)cc3n21. The third-order valence-corrected chi connectivity index (χ3v) is 5.81. The van der Waals surface area contributed by atoms with Gasteiger partial charge in [-0.2, -0.15) is 0 Å². The molecular weight excluding hydrogens is 352 g/mol. The van der Waals surface area contributed by atoms with Gasteiger partial charge in [-0.05, 0) is 13.0 Å². The summed E-state index contributed by atoms with van der Waals surface area (Å²) in [6.07, 6.45) is 0. The maximum absolute atomic E-state index is 14.8. The van der Waals surface area contributed by atoms with Gasteiger partial charge in [-0.1, -0.05) is 11.8 Å². The van der Waals surface area contributed by atoms with Crippen LogP contribution in [0, 0.1) is 11.6 Å². The molecule has 2 aromatic rings. The standard InChI is InChI=1S/C16H15F2N3O3S/c1-7-21-8-6-9(20-4-2-19-3-5-20)12(17)13(18)10(8)14(22)11(16(23)24)15(21)25-7/h6-7,19H,2-5H2,1H3,(H,23,24). The minimum Gasteiger partial charge on any atom is -0.477 e. The lowest BCUT2D eigenvalue weighted by Crippen LogP contribution is -2.44. The Morgan fingerprint density at radius 3 is 2.60 bits per heavy atom. The van der Waals surface area contributed by atoms with Crippen molar-refractivity contribution < 1.29 is 18.7 Å². The quantitative estimate of drug-likeness (QED) is 0.846. The first-order valence-electron chi connectivity index (χ1n) is 7.87. The third-order valence-electron chi connectivity index (χ3n) is 4.63. The largest absolute Gasteiger partial charge is 0.477 e. The van der Waals surface area contributed by atoms with Crippen LogP contribution in [0.3, 0.4) is 0 Å². The summed E-state index contributed by atoms with van der Waals surface area (Å²) >= 11 is 1.23. The lowest BCUT2D eigenvalue weighted by Gasteiger charge is -2.34. The predicted octanol–water partition coefficient (Wildman–Crippen LogP) is 2.01. The first-order chi connectivity index (χ1) is 11.9. The van der Waals surface area contributed by atoms with Crippen LogP contribution in [0.25, 0.3) is 10.9 Å². The number of aromatic nitrogens is 1.